The molecule has 3 aliphatic rings. The molecule has 1 saturated carbocycles. The minimum Gasteiger partial charge on any atom is -0.369 e. The third-order valence-corrected chi connectivity index (χ3v) is 7.16. The van der Waals surface area contributed by atoms with Crippen LogP contribution < -0.4 is 4.90 Å². The van der Waals surface area contributed by atoms with Gasteiger partial charge >= 0.3 is 6.18 Å². The molecule has 2 aliphatic heterocycles. The van der Waals surface area contributed by atoms with Gasteiger partial charge < -0.3 is 9.80 Å². The Morgan fingerprint density at radius 2 is 1.87 bits per heavy atom. The summed E-state index contributed by atoms with van der Waals surface area (Å²) < 4.78 is 39.0. The number of anilines is 1. The van der Waals surface area contributed by atoms with Crippen LogP contribution in [-0.4, -0.2) is 61.0 Å². The molecule has 1 amide bonds. The van der Waals surface area contributed by atoms with E-state index in [-0.39, 0.29) is 5.91 Å². The lowest BCUT2D eigenvalue weighted by atomic mass is 10.00. The molecule has 4 rings (SSSR count). The molecule has 0 radical (unpaired) electrons. The number of carbonyl (C=O) groups is 1. The highest BCUT2D eigenvalue weighted by Gasteiger charge is 2.38. The van der Waals surface area contributed by atoms with E-state index in [1.165, 1.54) is 25.0 Å². The number of hydrogen-bond donors (Lipinski definition) is 0. The first kappa shape index (κ1) is 21.5. The number of rotatable bonds is 5. The number of hydrogen-bond acceptors (Lipinski definition) is 3. The number of benzene rings is 1. The fourth-order valence-corrected chi connectivity index (χ4v) is 4.73. The summed E-state index contributed by atoms with van der Waals surface area (Å²) in [6.07, 6.45) is 1.97. The summed E-state index contributed by atoms with van der Waals surface area (Å²) in [5.74, 6) is 0.287. The molecule has 1 aliphatic carbocycles. The number of piperidine rings is 1. The van der Waals surface area contributed by atoms with Gasteiger partial charge in [-0.15, -0.1) is 0 Å². The SMILES string of the molecule is CC1(CCC(=O)N2CCC[C@@H](N3CCN(c4cccc(C(F)(F)F)c4)CC3)C2)CC1. The summed E-state index contributed by atoms with van der Waals surface area (Å²) in [6, 6.07) is 5.97. The average molecular weight is 424 g/mol. The molecule has 0 unspecified atom stereocenters. The van der Waals surface area contributed by atoms with Gasteiger partial charge in [-0.2, -0.15) is 13.2 Å². The van der Waals surface area contributed by atoms with Crippen LogP contribution in [0.5, 0.6) is 0 Å². The number of nitrogens with zero attached hydrogens (tertiary/aromatic N) is 3. The molecule has 2 saturated heterocycles. The van der Waals surface area contributed by atoms with Crippen LogP contribution in [0.3, 0.4) is 0 Å². The van der Waals surface area contributed by atoms with Gasteiger partial charge in [0.05, 0.1) is 5.56 Å². The van der Waals surface area contributed by atoms with Crippen LogP contribution in [0.1, 0.15) is 51.0 Å². The lowest BCUT2D eigenvalue weighted by Gasteiger charge is -2.44. The number of halogens is 3. The Balaban J connectivity index is 1.29. The molecule has 1 aromatic rings. The summed E-state index contributed by atoms with van der Waals surface area (Å²) in [5, 5.41) is 0. The van der Waals surface area contributed by atoms with Crippen LogP contribution in [0, 0.1) is 5.41 Å². The quantitative estimate of drug-likeness (QED) is 0.703. The van der Waals surface area contributed by atoms with Crippen LogP contribution in [-0.2, 0) is 11.0 Å². The number of likely N-dealkylation sites (tertiary alicyclic amines) is 1. The molecule has 1 aromatic carbocycles. The summed E-state index contributed by atoms with van der Waals surface area (Å²) in [4.78, 5) is 19.2. The van der Waals surface area contributed by atoms with E-state index in [4.69, 9.17) is 0 Å². The second-order valence-corrected chi connectivity index (χ2v) is 9.52. The number of amides is 1. The third kappa shape index (κ3) is 5.10. The van der Waals surface area contributed by atoms with Gasteiger partial charge in [0.1, 0.15) is 0 Å². The van der Waals surface area contributed by atoms with Gasteiger partial charge in [0.25, 0.3) is 0 Å². The van der Waals surface area contributed by atoms with Crippen molar-refractivity contribution in [3.63, 3.8) is 0 Å². The molecule has 1 atom stereocenters. The molecule has 7 heteroatoms. The van der Waals surface area contributed by atoms with Gasteiger partial charge in [0.15, 0.2) is 0 Å². The van der Waals surface area contributed by atoms with E-state index in [1.54, 1.807) is 6.07 Å². The van der Waals surface area contributed by atoms with E-state index >= 15 is 0 Å². The Bertz CT molecular complexity index is 754. The molecule has 30 heavy (non-hydrogen) atoms. The van der Waals surface area contributed by atoms with E-state index in [0.29, 0.717) is 36.7 Å². The highest BCUT2D eigenvalue weighted by atomic mass is 19.4. The van der Waals surface area contributed by atoms with E-state index < -0.39 is 11.7 Å². The van der Waals surface area contributed by atoms with Crippen molar-refractivity contribution in [2.45, 2.75) is 57.7 Å². The van der Waals surface area contributed by atoms with Gasteiger partial charge in [-0.3, -0.25) is 9.69 Å². The molecule has 0 N–H and O–H groups in total. The first-order chi connectivity index (χ1) is 14.2. The Morgan fingerprint density at radius 1 is 1.13 bits per heavy atom. The van der Waals surface area contributed by atoms with E-state index in [2.05, 4.69) is 11.8 Å². The normalized spacial score (nSPS) is 24.7. The smallest absolute Gasteiger partial charge is 0.369 e. The first-order valence-corrected chi connectivity index (χ1v) is 11.2. The summed E-state index contributed by atoms with van der Waals surface area (Å²) >= 11 is 0. The van der Waals surface area contributed by atoms with Gasteiger partial charge in [-0.1, -0.05) is 13.0 Å². The monoisotopic (exact) mass is 423 g/mol. The Kier molecular flexibility index (Phi) is 6.02. The zero-order valence-corrected chi connectivity index (χ0v) is 17.8. The second-order valence-electron chi connectivity index (χ2n) is 9.52. The molecule has 0 bridgehead atoms. The molecule has 2 heterocycles. The van der Waals surface area contributed by atoms with Crippen LogP contribution in [0.2, 0.25) is 0 Å². The standard InChI is InChI=1S/C23H32F3N3O/c1-22(9-10-22)8-7-21(30)29-11-3-6-20(17-29)28-14-12-27(13-15-28)19-5-2-4-18(16-19)23(24,25)26/h2,4-5,16,20H,3,6-15,17H2,1H3/t20-/m1/s1. The second kappa shape index (κ2) is 8.40. The fourth-order valence-electron chi connectivity index (χ4n) is 4.73. The molecule has 3 fully saturated rings. The van der Waals surface area contributed by atoms with Crippen LogP contribution in [0.25, 0.3) is 0 Å². The first-order valence-electron chi connectivity index (χ1n) is 11.2. The predicted molar refractivity (Wildman–Crippen MR) is 111 cm³/mol. The van der Waals surface area contributed by atoms with Gasteiger partial charge in [0.2, 0.25) is 5.91 Å². The lowest BCUT2D eigenvalue weighted by Crippen LogP contribution is -2.55. The van der Waals surface area contributed by atoms with Crippen LogP contribution in [0.4, 0.5) is 18.9 Å². The summed E-state index contributed by atoms with van der Waals surface area (Å²) in [6.45, 7) is 6.98. The zero-order chi connectivity index (χ0) is 21.4. The molecule has 166 valence electrons. The Hall–Kier alpha value is -1.76. The topological polar surface area (TPSA) is 26.8 Å². The summed E-state index contributed by atoms with van der Waals surface area (Å²) in [5.41, 5.74) is 0.451. The number of piperazine rings is 1. The molecule has 0 spiro atoms. The minimum atomic E-state index is -4.31. The highest BCUT2D eigenvalue weighted by Crippen LogP contribution is 2.49. The zero-order valence-electron chi connectivity index (χ0n) is 17.8. The number of alkyl halides is 3. The number of carbonyl (C=O) groups excluding carboxylic acids is 1. The average Bonchev–Trinajstić information content (AvgIpc) is 3.49. The third-order valence-electron chi connectivity index (χ3n) is 7.16. The Labute approximate surface area is 177 Å². The van der Waals surface area contributed by atoms with Crippen LogP contribution in [0.15, 0.2) is 24.3 Å². The molecule has 0 aromatic heterocycles. The van der Waals surface area contributed by atoms with Crippen molar-refractivity contribution in [2.75, 3.05) is 44.2 Å². The molecule has 4 nitrogen and oxygen atoms in total. The van der Waals surface area contributed by atoms with Crippen molar-refractivity contribution in [3.8, 4) is 0 Å². The van der Waals surface area contributed by atoms with Gasteiger partial charge in [0, 0.05) is 57.4 Å². The van der Waals surface area contributed by atoms with E-state index in [0.717, 1.165) is 51.5 Å². The van der Waals surface area contributed by atoms with Crippen molar-refractivity contribution in [2.24, 2.45) is 5.41 Å². The van der Waals surface area contributed by atoms with Crippen molar-refractivity contribution >= 4 is 11.6 Å². The molecular weight excluding hydrogens is 391 g/mol. The maximum atomic E-state index is 13.0. The largest absolute Gasteiger partial charge is 0.416 e. The van der Waals surface area contributed by atoms with Crippen molar-refractivity contribution in [3.05, 3.63) is 29.8 Å². The molecular formula is C23H32F3N3O. The van der Waals surface area contributed by atoms with Gasteiger partial charge in [-0.25, -0.2) is 0 Å². The van der Waals surface area contributed by atoms with E-state index in [1.807, 2.05) is 9.80 Å². The van der Waals surface area contributed by atoms with Crippen LogP contribution >= 0.6 is 0 Å². The van der Waals surface area contributed by atoms with Crippen molar-refractivity contribution < 1.29 is 18.0 Å². The minimum absolute atomic E-state index is 0.287. The maximum Gasteiger partial charge on any atom is 0.416 e. The summed E-state index contributed by atoms with van der Waals surface area (Å²) in [7, 11) is 0. The van der Waals surface area contributed by atoms with Crippen molar-refractivity contribution in [1.29, 1.82) is 0 Å². The highest BCUT2D eigenvalue weighted by molar-refractivity contribution is 5.76. The van der Waals surface area contributed by atoms with E-state index in [9.17, 15) is 18.0 Å². The predicted octanol–water partition coefficient (Wildman–Crippen LogP) is 4.40. The lowest BCUT2D eigenvalue weighted by molar-refractivity contribution is -0.137. The fraction of sp³-hybridized carbons (Fsp3) is 0.696. The van der Waals surface area contributed by atoms with Gasteiger partial charge in [-0.05, 0) is 55.7 Å². The van der Waals surface area contributed by atoms with Crippen molar-refractivity contribution in [1.82, 2.24) is 9.80 Å². The maximum absolute atomic E-state index is 13.0. The Morgan fingerprint density at radius 3 is 2.53 bits per heavy atom.